The van der Waals surface area contributed by atoms with Crippen LogP contribution in [-0.2, 0) is 6.54 Å². The monoisotopic (exact) mass is 273 g/mol. The Kier molecular flexibility index (Phi) is 5.46. The summed E-state index contributed by atoms with van der Waals surface area (Å²) >= 11 is 0. The van der Waals surface area contributed by atoms with Crippen LogP contribution < -0.4 is 4.74 Å². The summed E-state index contributed by atoms with van der Waals surface area (Å²) in [5.74, 6) is 3.37. The molecule has 1 fully saturated rings. The van der Waals surface area contributed by atoms with Crippen molar-refractivity contribution in [3.05, 3.63) is 29.8 Å². The fourth-order valence-electron chi connectivity index (χ4n) is 2.88. The van der Waals surface area contributed by atoms with Crippen molar-refractivity contribution >= 4 is 0 Å². The number of aliphatic hydroxyl groups is 1. The topological polar surface area (TPSA) is 32.7 Å². The van der Waals surface area contributed by atoms with Gasteiger partial charge in [-0.2, -0.15) is 0 Å². The standard InChI is InChI=1S/C17H23NO2/c1-3-11-20-17-9-5-4-7-15(17)13-18-10-6-8-16(18)12-14(2)19/h1,4-5,7,9,14,16,19H,6,8,10-13H2,2H3. The summed E-state index contributed by atoms with van der Waals surface area (Å²) < 4.78 is 5.60. The van der Waals surface area contributed by atoms with E-state index in [0.717, 1.165) is 31.7 Å². The highest BCUT2D eigenvalue weighted by molar-refractivity contribution is 5.33. The average molecular weight is 273 g/mol. The molecule has 0 radical (unpaired) electrons. The Hall–Kier alpha value is -1.50. The van der Waals surface area contributed by atoms with E-state index < -0.39 is 0 Å². The first kappa shape index (κ1) is 14.9. The molecular formula is C17H23NO2. The molecule has 108 valence electrons. The van der Waals surface area contributed by atoms with E-state index in [0.29, 0.717) is 12.6 Å². The highest BCUT2D eigenvalue weighted by Crippen LogP contribution is 2.27. The summed E-state index contributed by atoms with van der Waals surface area (Å²) in [5.41, 5.74) is 1.17. The van der Waals surface area contributed by atoms with E-state index in [4.69, 9.17) is 11.2 Å². The van der Waals surface area contributed by atoms with Gasteiger partial charge < -0.3 is 9.84 Å². The Morgan fingerprint density at radius 3 is 3.05 bits per heavy atom. The molecule has 0 amide bonds. The molecule has 0 saturated carbocycles. The van der Waals surface area contributed by atoms with Crippen LogP contribution in [0.2, 0.25) is 0 Å². The molecule has 2 atom stereocenters. The van der Waals surface area contributed by atoms with Crippen molar-refractivity contribution in [2.24, 2.45) is 0 Å². The Bertz CT molecular complexity index is 464. The number of hydrogen-bond acceptors (Lipinski definition) is 3. The molecule has 2 rings (SSSR count). The molecule has 20 heavy (non-hydrogen) atoms. The third kappa shape index (κ3) is 4.00. The van der Waals surface area contributed by atoms with Crippen LogP contribution in [0.4, 0.5) is 0 Å². The summed E-state index contributed by atoms with van der Waals surface area (Å²) in [6, 6.07) is 8.51. The molecule has 1 aliphatic heterocycles. The Balaban J connectivity index is 2.03. The minimum absolute atomic E-state index is 0.242. The van der Waals surface area contributed by atoms with Gasteiger partial charge in [0.25, 0.3) is 0 Å². The zero-order valence-corrected chi connectivity index (χ0v) is 12.1. The van der Waals surface area contributed by atoms with E-state index in [1.807, 2.05) is 25.1 Å². The van der Waals surface area contributed by atoms with Crippen molar-refractivity contribution in [3.8, 4) is 18.1 Å². The second-order valence-corrected chi connectivity index (χ2v) is 5.45. The highest BCUT2D eigenvalue weighted by Gasteiger charge is 2.26. The lowest BCUT2D eigenvalue weighted by Gasteiger charge is -2.26. The Labute approximate surface area is 121 Å². The summed E-state index contributed by atoms with van der Waals surface area (Å²) in [6.07, 6.45) is 8.22. The van der Waals surface area contributed by atoms with E-state index in [2.05, 4.69) is 16.9 Å². The first-order chi connectivity index (χ1) is 9.70. The number of hydrogen-bond donors (Lipinski definition) is 1. The van der Waals surface area contributed by atoms with Crippen LogP contribution in [-0.4, -0.2) is 35.3 Å². The predicted octanol–water partition coefficient (Wildman–Crippen LogP) is 2.43. The fourth-order valence-corrected chi connectivity index (χ4v) is 2.88. The van der Waals surface area contributed by atoms with Gasteiger partial charge in [0.2, 0.25) is 0 Å². The number of para-hydroxylation sites is 1. The van der Waals surface area contributed by atoms with Gasteiger partial charge in [-0.05, 0) is 38.8 Å². The largest absolute Gasteiger partial charge is 0.481 e. The SMILES string of the molecule is C#CCOc1ccccc1CN1CCCC1CC(C)O. The predicted molar refractivity (Wildman–Crippen MR) is 80.5 cm³/mol. The fraction of sp³-hybridized carbons (Fsp3) is 0.529. The van der Waals surface area contributed by atoms with Crippen LogP contribution in [0, 0.1) is 12.3 Å². The van der Waals surface area contributed by atoms with E-state index in [9.17, 15) is 5.11 Å². The molecule has 3 heteroatoms. The average Bonchev–Trinajstić information content (AvgIpc) is 2.84. The molecule has 0 bridgehead atoms. The molecule has 1 aromatic carbocycles. The molecule has 1 N–H and O–H groups in total. The molecule has 1 aliphatic rings. The molecule has 1 heterocycles. The van der Waals surface area contributed by atoms with Gasteiger partial charge in [-0.15, -0.1) is 6.42 Å². The quantitative estimate of drug-likeness (QED) is 0.808. The molecule has 0 aliphatic carbocycles. The third-order valence-corrected chi connectivity index (χ3v) is 3.77. The second kappa shape index (κ2) is 7.33. The summed E-state index contributed by atoms with van der Waals surface area (Å²) in [6.45, 7) is 4.10. The van der Waals surface area contributed by atoms with Crippen molar-refractivity contribution < 1.29 is 9.84 Å². The maximum absolute atomic E-state index is 9.59. The van der Waals surface area contributed by atoms with Crippen LogP contribution >= 0.6 is 0 Å². The molecule has 0 aromatic heterocycles. The van der Waals surface area contributed by atoms with Crippen molar-refractivity contribution in [1.29, 1.82) is 0 Å². The lowest BCUT2D eigenvalue weighted by Crippen LogP contribution is -2.31. The third-order valence-electron chi connectivity index (χ3n) is 3.77. The molecule has 2 unspecified atom stereocenters. The van der Waals surface area contributed by atoms with Crippen LogP contribution in [0.15, 0.2) is 24.3 Å². The maximum Gasteiger partial charge on any atom is 0.148 e. The number of rotatable bonds is 6. The summed E-state index contributed by atoms with van der Waals surface area (Å²) in [4.78, 5) is 2.44. The van der Waals surface area contributed by atoms with Crippen molar-refractivity contribution in [3.63, 3.8) is 0 Å². The van der Waals surface area contributed by atoms with Crippen molar-refractivity contribution in [2.45, 2.75) is 44.9 Å². The Morgan fingerprint density at radius 1 is 1.50 bits per heavy atom. The van der Waals surface area contributed by atoms with Gasteiger partial charge in [0.05, 0.1) is 6.10 Å². The molecule has 1 saturated heterocycles. The normalized spacial score (nSPS) is 20.6. The minimum Gasteiger partial charge on any atom is -0.481 e. The Morgan fingerprint density at radius 2 is 2.30 bits per heavy atom. The van der Waals surface area contributed by atoms with Crippen LogP contribution in [0.5, 0.6) is 5.75 Å². The van der Waals surface area contributed by atoms with E-state index in [1.165, 1.54) is 12.0 Å². The lowest BCUT2D eigenvalue weighted by atomic mass is 10.1. The van der Waals surface area contributed by atoms with Gasteiger partial charge in [0.1, 0.15) is 12.4 Å². The van der Waals surface area contributed by atoms with Gasteiger partial charge in [-0.3, -0.25) is 4.90 Å². The van der Waals surface area contributed by atoms with E-state index in [1.54, 1.807) is 0 Å². The van der Waals surface area contributed by atoms with Crippen molar-refractivity contribution in [2.75, 3.05) is 13.2 Å². The number of nitrogens with zero attached hydrogens (tertiary/aromatic N) is 1. The summed E-state index contributed by atoms with van der Waals surface area (Å²) in [7, 11) is 0. The lowest BCUT2D eigenvalue weighted by molar-refractivity contribution is 0.130. The smallest absolute Gasteiger partial charge is 0.148 e. The number of benzene rings is 1. The zero-order chi connectivity index (χ0) is 14.4. The summed E-state index contributed by atoms with van der Waals surface area (Å²) in [5, 5.41) is 9.59. The highest BCUT2D eigenvalue weighted by atomic mass is 16.5. The molecule has 1 aromatic rings. The van der Waals surface area contributed by atoms with Gasteiger partial charge in [0, 0.05) is 18.2 Å². The first-order valence-electron chi connectivity index (χ1n) is 7.27. The van der Waals surface area contributed by atoms with E-state index in [-0.39, 0.29) is 6.10 Å². The molecule has 3 nitrogen and oxygen atoms in total. The van der Waals surface area contributed by atoms with Gasteiger partial charge in [-0.1, -0.05) is 24.1 Å². The van der Waals surface area contributed by atoms with Gasteiger partial charge >= 0.3 is 0 Å². The van der Waals surface area contributed by atoms with Crippen molar-refractivity contribution in [1.82, 2.24) is 4.90 Å². The number of terminal acetylenes is 1. The maximum atomic E-state index is 9.59. The number of ether oxygens (including phenoxy) is 1. The van der Waals surface area contributed by atoms with Crippen LogP contribution in [0.1, 0.15) is 31.7 Å². The first-order valence-corrected chi connectivity index (χ1v) is 7.27. The molecule has 0 spiro atoms. The number of likely N-dealkylation sites (tertiary alicyclic amines) is 1. The van der Waals surface area contributed by atoms with E-state index >= 15 is 0 Å². The van der Waals surface area contributed by atoms with Gasteiger partial charge in [0.15, 0.2) is 0 Å². The van der Waals surface area contributed by atoms with Crippen LogP contribution in [0.25, 0.3) is 0 Å². The molecular weight excluding hydrogens is 250 g/mol. The number of aliphatic hydroxyl groups excluding tert-OH is 1. The van der Waals surface area contributed by atoms with Crippen LogP contribution in [0.3, 0.4) is 0 Å². The van der Waals surface area contributed by atoms with Gasteiger partial charge in [-0.25, -0.2) is 0 Å². The zero-order valence-electron chi connectivity index (χ0n) is 12.1. The minimum atomic E-state index is -0.242. The second-order valence-electron chi connectivity index (χ2n) is 5.45.